The molecule has 0 radical (unpaired) electrons. The van der Waals surface area contributed by atoms with Gasteiger partial charge in [-0.25, -0.2) is 4.79 Å². The van der Waals surface area contributed by atoms with Crippen LogP contribution in [-0.4, -0.2) is 36.7 Å². The summed E-state index contributed by atoms with van der Waals surface area (Å²) in [6.07, 6.45) is 1.57. The third-order valence-electron chi connectivity index (χ3n) is 3.40. The van der Waals surface area contributed by atoms with Crippen molar-refractivity contribution >= 4 is 23.5 Å². The Balaban J connectivity index is 1.66. The molecule has 1 amide bonds. The van der Waals surface area contributed by atoms with Crippen molar-refractivity contribution in [1.29, 1.82) is 0 Å². The Morgan fingerprint density at radius 2 is 1.77 bits per heavy atom. The quantitative estimate of drug-likeness (QED) is 0.620. The molecule has 7 heteroatoms. The van der Waals surface area contributed by atoms with E-state index in [1.165, 1.54) is 6.07 Å². The number of amides is 1. The van der Waals surface area contributed by atoms with E-state index in [-0.39, 0.29) is 5.91 Å². The summed E-state index contributed by atoms with van der Waals surface area (Å²) in [6, 6.07) is 13.6. The van der Waals surface area contributed by atoms with Crippen molar-refractivity contribution in [2.45, 2.75) is 12.8 Å². The predicted octanol–water partition coefficient (Wildman–Crippen LogP) is 3.39. The molecule has 26 heavy (non-hydrogen) atoms. The first kappa shape index (κ1) is 19.6. The van der Waals surface area contributed by atoms with E-state index in [9.17, 15) is 9.59 Å². The number of halogens is 1. The van der Waals surface area contributed by atoms with E-state index in [0.717, 1.165) is 18.6 Å². The Hall–Kier alpha value is -2.73. The summed E-state index contributed by atoms with van der Waals surface area (Å²) in [5, 5.41) is 12.1. The van der Waals surface area contributed by atoms with Crippen molar-refractivity contribution in [2.75, 3.05) is 19.8 Å². The van der Waals surface area contributed by atoms with Gasteiger partial charge in [0.05, 0.1) is 6.61 Å². The summed E-state index contributed by atoms with van der Waals surface area (Å²) in [5.74, 6) is -0.196. The van der Waals surface area contributed by atoms with Crippen LogP contribution in [0.5, 0.6) is 11.5 Å². The van der Waals surface area contributed by atoms with Crippen molar-refractivity contribution in [3.05, 3.63) is 59.1 Å². The van der Waals surface area contributed by atoms with Crippen LogP contribution >= 0.6 is 11.6 Å². The second kappa shape index (κ2) is 10.3. The molecule has 0 saturated heterocycles. The number of carboxylic acid groups (broad SMARTS) is 1. The summed E-state index contributed by atoms with van der Waals surface area (Å²) < 4.78 is 10.6. The van der Waals surface area contributed by atoms with Gasteiger partial charge in [0.25, 0.3) is 5.91 Å². The predicted molar refractivity (Wildman–Crippen MR) is 98.1 cm³/mol. The molecule has 138 valence electrons. The highest BCUT2D eigenvalue weighted by molar-refractivity contribution is 6.30. The van der Waals surface area contributed by atoms with Gasteiger partial charge in [-0.1, -0.05) is 17.7 Å². The number of carboxylic acids is 1. The molecular formula is C19H20ClNO5. The van der Waals surface area contributed by atoms with Gasteiger partial charge in [-0.15, -0.1) is 0 Å². The molecule has 2 N–H and O–H groups in total. The van der Waals surface area contributed by atoms with Crippen LogP contribution in [-0.2, 0) is 4.79 Å². The third-order valence-corrected chi connectivity index (χ3v) is 3.65. The van der Waals surface area contributed by atoms with E-state index in [1.807, 2.05) is 12.1 Å². The van der Waals surface area contributed by atoms with E-state index >= 15 is 0 Å². The molecule has 6 nitrogen and oxygen atoms in total. The van der Waals surface area contributed by atoms with Crippen LogP contribution in [0.3, 0.4) is 0 Å². The van der Waals surface area contributed by atoms with Gasteiger partial charge in [0.1, 0.15) is 11.5 Å². The summed E-state index contributed by atoms with van der Waals surface area (Å²) in [4.78, 5) is 22.6. The van der Waals surface area contributed by atoms with E-state index in [2.05, 4.69) is 5.32 Å². The molecule has 2 aromatic rings. The van der Waals surface area contributed by atoms with E-state index in [0.29, 0.717) is 29.5 Å². The number of benzene rings is 2. The Bertz CT molecular complexity index is 733. The number of aliphatic carboxylic acids is 1. The summed E-state index contributed by atoms with van der Waals surface area (Å²) in [6.45, 7) is 0.623. The number of carbonyl (C=O) groups is 2. The zero-order valence-electron chi connectivity index (χ0n) is 14.1. The van der Waals surface area contributed by atoms with Crippen molar-refractivity contribution in [3.8, 4) is 11.5 Å². The zero-order chi connectivity index (χ0) is 18.8. The lowest BCUT2D eigenvalue weighted by Crippen LogP contribution is -2.24. The standard InChI is InChI=1S/C19H20ClNO5/c20-15-6-8-16(9-7-15)25-11-2-1-10-21-19(24)14-4-3-5-17(12-14)26-13-18(22)23/h3-9,12H,1-2,10-11,13H2,(H,21,24)(H,22,23). The van der Waals surface area contributed by atoms with Gasteiger partial charge in [-0.3, -0.25) is 4.79 Å². The monoisotopic (exact) mass is 377 g/mol. The van der Waals surface area contributed by atoms with E-state index in [1.54, 1.807) is 30.3 Å². The van der Waals surface area contributed by atoms with Gasteiger partial charge in [-0.2, -0.15) is 0 Å². The van der Waals surface area contributed by atoms with Gasteiger partial charge in [0.15, 0.2) is 6.61 Å². The fourth-order valence-corrected chi connectivity index (χ4v) is 2.25. The Kier molecular flexibility index (Phi) is 7.76. The molecule has 0 atom stereocenters. The van der Waals surface area contributed by atoms with Gasteiger partial charge in [0, 0.05) is 17.1 Å². The minimum absolute atomic E-state index is 0.232. The molecule has 0 aliphatic heterocycles. The minimum Gasteiger partial charge on any atom is -0.494 e. The second-order valence-corrected chi connectivity index (χ2v) is 5.91. The number of ether oxygens (including phenoxy) is 2. The first-order valence-corrected chi connectivity index (χ1v) is 8.53. The maximum atomic E-state index is 12.1. The highest BCUT2D eigenvalue weighted by Crippen LogP contribution is 2.16. The average molecular weight is 378 g/mol. The molecule has 0 aliphatic carbocycles. The Morgan fingerprint density at radius 3 is 2.50 bits per heavy atom. The summed E-state index contributed by atoms with van der Waals surface area (Å²) in [5.41, 5.74) is 0.422. The van der Waals surface area contributed by atoms with Crippen molar-refractivity contribution in [1.82, 2.24) is 5.32 Å². The van der Waals surface area contributed by atoms with Gasteiger partial charge >= 0.3 is 5.97 Å². The van der Waals surface area contributed by atoms with Crippen LogP contribution in [0.25, 0.3) is 0 Å². The number of nitrogens with one attached hydrogen (secondary N) is 1. The van der Waals surface area contributed by atoms with Crippen LogP contribution in [0, 0.1) is 0 Å². The first-order valence-electron chi connectivity index (χ1n) is 8.16. The molecular weight excluding hydrogens is 358 g/mol. The molecule has 2 rings (SSSR count). The van der Waals surface area contributed by atoms with Crippen LogP contribution in [0.1, 0.15) is 23.2 Å². The number of hydrogen-bond acceptors (Lipinski definition) is 4. The van der Waals surface area contributed by atoms with Gasteiger partial charge in [-0.05, 0) is 55.3 Å². The molecule has 0 aliphatic rings. The lowest BCUT2D eigenvalue weighted by molar-refractivity contribution is -0.139. The highest BCUT2D eigenvalue weighted by atomic mass is 35.5. The molecule has 0 spiro atoms. The summed E-state index contributed by atoms with van der Waals surface area (Å²) in [7, 11) is 0. The van der Waals surface area contributed by atoms with Crippen LogP contribution in [0.2, 0.25) is 5.02 Å². The van der Waals surface area contributed by atoms with E-state index in [4.69, 9.17) is 26.2 Å². The Labute approximate surface area is 156 Å². The van der Waals surface area contributed by atoms with Gasteiger partial charge < -0.3 is 19.9 Å². The maximum absolute atomic E-state index is 12.1. The minimum atomic E-state index is -1.07. The van der Waals surface area contributed by atoms with E-state index < -0.39 is 12.6 Å². The normalized spacial score (nSPS) is 10.2. The van der Waals surface area contributed by atoms with Crippen molar-refractivity contribution in [2.24, 2.45) is 0 Å². The largest absolute Gasteiger partial charge is 0.494 e. The first-order chi connectivity index (χ1) is 12.5. The Morgan fingerprint density at radius 1 is 1.00 bits per heavy atom. The van der Waals surface area contributed by atoms with Crippen molar-refractivity contribution < 1.29 is 24.2 Å². The molecule has 0 fully saturated rings. The van der Waals surface area contributed by atoms with Gasteiger partial charge in [0.2, 0.25) is 0 Å². The number of hydrogen-bond donors (Lipinski definition) is 2. The number of rotatable bonds is 10. The summed E-state index contributed by atoms with van der Waals surface area (Å²) >= 11 is 5.81. The van der Waals surface area contributed by atoms with Crippen LogP contribution in [0.4, 0.5) is 0 Å². The molecule has 0 saturated carbocycles. The topological polar surface area (TPSA) is 84.9 Å². The lowest BCUT2D eigenvalue weighted by Gasteiger charge is -2.08. The molecule has 0 unspecified atom stereocenters. The molecule has 0 bridgehead atoms. The molecule has 2 aromatic carbocycles. The van der Waals surface area contributed by atoms with Crippen LogP contribution < -0.4 is 14.8 Å². The third kappa shape index (κ3) is 7.03. The number of carbonyl (C=O) groups excluding carboxylic acids is 1. The fraction of sp³-hybridized carbons (Fsp3) is 0.263. The molecule has 0 aromatic heterocycles. The zero-order valence-corrected chi connectivity index (χ0v) is 14.9. The van der Waals surface area contributed by atoms with Crippen molar-refractivity contribution in [3.63, 3.8) is 0 Å². The fourth-order valence-electron chi connectivity index (χ4n) is 2.12. The molecule has 0 heterocycles. The average Bonchev–Trinajstić information content (AvgIpc) is 2.64. The lowest BCUT2D eigenvalue weighted by atomic mass is 10.2. The second-order valence-electron chi connectivity index (χ2n) is 5.48. The number of unbranched alkanes of at least 4 members (excludes halogenated alkanes) is 1. The smallest absolute Gasteiger partial charge is 0.341 e. The SMILES string of the molecule is O=C(O)COc1cccc(C(=O)NCCCCOc2ccc(Cl)cc2)c1. The highest BCUT2D eigenvalue weighted by Gasteiger charge is 2.07. The van der Waals surface area contributed by atoms with Crippen LogP contribution in [0.15, 0.2) is 48.5 Å². The maximum Gasteiger partial charge on any atom is 0.341 e.